The van der Waals surface area contributed by atoms with Crippen molar-refractivity contribution >= 4 is 17.7 Å². The Labute approximate surface area is 205 Å². The highest BCUT2D eigenvalue weighted by atomic mass is 16.5. The molecule has 0 saturated carbocycles. The standard InChI is InChI=1S/C27H30N4O4/c1-19-17-30(14-15-31(19)27(33)34)18-20-4-9-23(10-5-20)29(2)26(32)25-13-8-22(16-28-25)21-6-11-24(35-3)12-7-21/h4-13,16,19H,14-15,17-18H2,1-3H3,(H,33,34). The van der Waals surface area contributed by atoms with Crippen LogP contribution < -0.4 is 9.64 Å². The van der Waals surface area contributed by atoms with Crippen molar-refractivity contribution in [1.29, 1.82) is 0 Å². The topological polar surface area (TPSA) is 86.2 Å². The van der Waals surface area contributed by atoms with Crippen molar-refractivity contribution < 1.29 is 19.4 Å². The number of methoxy groups -OCH3 is 1. The molecule has 1 aliphatic heterocycles. The molecule has 1 N–H and O–H groups in total. The van der Waals surface area contributed by atoms with E-state index in [9.17, 15) is 14.7 Å². The molecule has 1 saturated heterocycles. The second-order valence-electron chi connectivity index (χ2n) is 8.75. The van der Waals surface area contributed by atoms with Gasteiger partial charge in [0.05, 0.1) is 7.11 Å². The molecule has 1 atom stereocenters. The number of hydrogen-bond donors (Lipinski definition) is 1. The van der Waals surface area contributed by atoms with Crippen LogP contribution in [0, 0.1) is 0 Å². The van der Waals surface area contributed by atoms with Crippen LogP contribution in [-0.4, -0.2) is 71.7 Å². The van der Waals surface area contributed by atoms with Crippen LogP contribution in [0.15, 0.2) is 66.9 Å². The molecule has 2 heterocycles. The number of aromatic nitrogens is 1. The molecule has 182 valence electrons. The van der Waals surface area contributed by atoms with E-state index in [1.807, 2.05) is 61.5 Å². The van der Waals surface area contributed by atoms with Crippen LogP contribution >= 0.6 is 0 Å². The van der Waals surface area contributed by atoms with E-state index in [-0.39, 0.29) is 11.9 Å². The van der Waals surface area contributed by atoms with E-state index in [1.165, 1.54) is 4.90 Å². The summed E-state index contributed by atoms with van der Waals surface area (Å²) >= 11 is 0. The number of piperazine rings is 1. The normalized spacial score (nSPS) is 16.1. The number of carboxylic acid groups (broad SMARTS) is 1. The molecule has 0 spiro atoms. The third kappa shape index (κ3) is 5.60. The SMILES string of the molecule is COc1ccc(-c2ccc(C(=O)N(C)c3ccc(CN4CCN(C(=O)O)C(C)C4)cc3)nc2)cc1. The lowest BCUT2D eigenvalue weighted by Gasteiger charge is -2.38. The third-order valence-electron chi connectivity index (χ3n) is 6.40. The van der Waals surface area contributed by atoms with E-state index in [1.54, 1.807) is 31.3 Å². The minimum Gasteiger partial charge on any atom is -0.497 e. The van der Waals surface area contributed by atoms with Crippen LogP contribution in [0.5, 0.6) is 5.75 Å². The summed E-state index contributed by atoms with van der Waals surface area (Å²) < 4.78 is 5.20. The number of hydrogen-bond acceptors (Lipinski definition) is 5. The zero-order valence-electron chi connectivity index (χ0n) is 20.2. The van der Waals surface area contributed by atoms with Gasteiger partial charge in [0.15, 0.2) is 0 Å². The van der Waals surface area contributed by atoms with Gasteiger partial charge in [0, 0.05) is 56.7 Å². The molecule has 2 aromatic carbocycles. The van der Waals surface area contributed by atoms with Crippen LogP contribution in [0.3, 0.4) is 0 Å². The van der Waals surface area contributed by atoms with Gasteiger partial charge in [-0.1, -0.05) is 30.3 Å². The van der Waals surface area contributed by atoms with E-state index in [2.05, 4.69) is 9.88 Å². The van der Waals surface area contributed by atoms with Crippen molar-refractivity contribution in [3.05, 3.63) is 78.1 Å². The Morgan fingerprint density at radius 1 is 1.03 bits per heavy atom. The molecule has 0 radical (unpaired) electrons. The average Bonchev–Trinajstić information content (AvgIpc) is 2.88. The maximum Gasteiger partial charge on any atom is 0.407 e. The van der Waals surface area contributed by atoms with Gasteiger partial charge in [-0.05, 0) is 48.4 Å². The third-order valence-corrected chi connectivity index (χ3v) is 6.40. The highest BCUT2D eigenvalue weighted by molar-refractivity contribution is 6.04. The first kappa shape index (κ1) is 24.2. The Morgan fingerprint density at radius 3 is 2.29 bits per heavy atom. The molecule has 8 heteroatoms. The van der Waals surface area contributed by atoms with Gasteiger partial charge in [-0.2, -0.15) is 0 Å². The fourth-order valence-corrected chi connectivity index (χ4v) is 4.31. The van der Waals surface area contributed by atoms with E-state index in [0.29, 0.717) is 25.3 Å². The molecule has 1 aliphatic rings. The van der Waals surface area contributed by atoms with Crippen molar-refractivity contribution in [2.75, 3.05) is 38.7 Å². The Balaban J connectivity index is 1.37. The lowest BCUT2D eigenvalue weighted by molar-refractivity contribution is 0.0711. The summed E-state index contributed by atoms with van der Waals surface area (Å²) in [5.74, 6) is 0.606. The van der Waals surface area contributed by atoms with E-state index in [4.69, 9.17) is 4.74 Å². The summed E-state index contributed by atoms with van der Waals surface area (Å²) in [6.07, 6.45) is 0.843. The van der Waals surface area contributed by atoms with Gasteiger partial charge < -0.3 is 19.6 Å². The van der Waals surface area contributed by atoms with Crippen LogP contribution in [0.1, 0.15) is 23.0 Å². The number of rotatable bonds is 6. The minimum absolute atomic E-state index is 0.0344. The molecular weight excluding hydrogens is 444 g/mol. The predicted octanol–water partition coefficient (Wildman–Crippen LogP) is 4.22. The molecule has 0 bridgehead atoms. The number of carbonyl (C=O) groups excluding carboxylic acids is 1. The summed E-state index contributed by atoms with van der Waals surface area (Å²) in [6, 6.07) is 19.2. The molecule has 3 aromatic rings. The van der Waals surface area contributed by atoms with Crippen molar-refractivity contribution in [3.63, 3.8) is 0 Å². The van der Waals surface area contributed by atoms with Crippen molar-refractivity contribution in [2.45, 2.75) is 19.5 Å². The van der Waals surface area contributed by atoms with Crippen LogP contribution in [0.25, 0.3) is 11.1 Å². The van der Waals surface area contributed by atoms with Crippen LogP contribution in [0.4, 0.5) is 10.5 Å². The van der Waals surface area contributed by atoms with Gasteiger partial charge in [0.2, 0.25) is 0 Å². The lowest BCUT2D eigenvalue weighted by Crippen LogP contribution is -2.53. The molecule has 4 rings (SSSR count). The monoisotopic (exact) mass is 474 g/mol. The van der Waals surface area contributed by atoms with Gasteiger partial charge in [0.1, 0.15) is 11.4 Å². The summed E-state index contributed by atoms with van der Waals surface area (Å²) in [6.45, 7) is 4.58. The Bertz CT molecular complexity index is 1160. The molecule has 35 heavy (non-hydrogen) atoms. The zero-order chi connectivity index (χ0) is 24.9. The maximum absolute atomic E-state index is 13.0. The quantitative estimate of drug-likeness (QED) is 0.576. The Kier molecular flexibility index (Phi) is 7.31. The molecule has 1 aromatic heterocycles. The first-order chi connectivity index (χ1) is 16.9. The molecule has 1 unspecified atom stereocenters. The maximum atomic E-state index is 13.0. The average molecular weight is 475 g/mol. The first-order valence-electron chi connectivity index (χ1n) is 11.5. The summed E-state index contributed by atoms with van der Waals surface area (Å²) in [4.78, 5) is 34.0. The zero-order valence-corrected chi connectivity index (χ0v) is 20.2. The Hall–Kier alpha value is -3.91. The number of amides is 2. The summed E-state index contributed by atoms with van der Waals surface area (Å²) in [5.41, 5.74) is 4.20. The highest BCUT2D eigenvalue weighted by Gasteiger charge is 2.27. The number of anilines is 1. The molecule has 8 nitrogen and oxygen atoms in total. The summed E-state index contributed by atoms with van der Waals surface area (Å²) in [7, 11) is 3.37. The number of carbonyl (C=O) groups is 2. The van der Waals surface area contributed by atoms with Crippen LogP contribution in [-0.2, 0) is 6.54 Å². The fourth-order valence-electron chi connectivity index (χ4n) is 4.31. The molecule has 0 aliphatic carbocycles. The predicted molar refractivity (Wildman–Crippen MR) is 135 cm³/mol. The number of nitrogens with zero attached hydrogens (tertiary/aromatic N) is 4. The number of pyridine rings is 1. The highest BCUT2D eigenvalue weighted by Crippen LogP contribution is 2.23. The van der Waals surface area contributed by atoms with E-state index < -0.39 is 6.09 Å². The minimum atomic E-state index is -0.862. The van der Waals surface area contributed by atoms with Crippen molar-refractivity contribution in [3.8, 4) is 16.9 Å². The first-order valence-corrected chi connectivity index (χ1v) is 11.5. The Morgan fingerprint density at radius 2 is 1.71 bits per heavy atom. The van der Waals surface area contributed by atoms with Crippen molar-refractivity contribution in [1.82, 2.24) is 14.8 Å². The molecule has 2 amide bonds. The van der Waals surface area contributed by atoms with Gasteiger partial charge in [0.25, 0.3) is 5.91 Å². The fraction of sp³-hybridized carbons (Fsp3) is 0.296. The van der Waals surface area contributed by atoms with E-state index >= 15 is 0 Å². The van der Waals surface area contributed by atoms with Crippen molar-refractivity contribution in [2.24, 2.45) is 0 Å². The number of ether oxygens (including phenoxy) is 1. The van der Waals surface area contributed by atoms with Gasteiger partial charge in [-0.3, -0.25) is 14.7 Å². The summed E-state index contributed by atoms with van der Waals surface area (Å²) in [5, 5.41) is 9.24. The van der Waals surface area contributed by atoms with Gasteiger partial charge >= 0.3 is 6.09 Å². The van der Waals surface area contributed by atoms with E-state index in [0.717, 1.165) is 34.7 Å². The van der Waals surface area contributed by atoms with Gasteiger partial charge in [-0.15, -0.1) is 0 Å². The smallest absolute Gasteiger partial charge is 0.407 e. The molecular formula is C27H30N4O4. The van der Waals surface area contributed by atoms with Crippen LogP contribution in [0.2, 0.25) is 0 Å². The van der Waals surface area contributed by atoms with Gasteiger partial charge in [-0.25, -0.2) is 4.79 Å². The largest absolute Gasteiger partial charge is 0.497 e. The lowest BCUT2D eigenvalue weighted by atomic mass is 10.1. The molecule has 1 fully saturated rings. The second-order valence-corrected chi connectivity index (χ2v) is 8.75. The number of benzene rings is 2. The second kappa shape index (κ2) is 10.6.